The summed E-state index contributed by atoms with van der Waals surface area (Å²) in [5, 5.41) is 3.24. The molecule has 4 nitrogen and oxygen atoms in total. The summed E-state index contributed by atoms with van der Waals surface area (Å²) in [5.41, 5.74) is 6.42. The summed E-state index contributed by atoms with van der Waals surface area (Å²) in [4.78, 5) is 4.18. The van der Waals surface area contributed by atoms with Crippen LogP contribution in [0.5, 0.6) is 0 Å². The van der Waals surface area contributed by atoms with Gasteiger partial charge in [-0.1, -0.05) is 0 Å². The van der Waals surface area contributed by atoms with Crippen molar-refractivity contribution in [3.05, 3.63) is 17.3 Å². The highest BCUT2D eigenvalue weighted by Gasteiger charge is 2.07. The van der Waals surface area contributed by atoms with E-state index in [1.165, 1.54) is 0 Å². The predicted molar refractivity (Wildman–Crippen MR) is 51.3 cm³/mol. The molecule has 1 rings (SSSR count). The van der Waals surface area contributed by atoms with E-state index in [-0.39, 0.29) is 0 Å². The lowest BCUT2D eigenvalue weighted by atomic mass is 10.3. The number of rotatable bonds is 4. The minimum absolute atomic E-state index is 0.310. The molecule has 3 N–H and O–H groups in total. The van der Waals surface area contributed by atoms with Crippen molar-refractivity contribution in [3.63, 3.8) is 0 Å². The Morgan fingerprint density at radius 2 is 2.23 bits per heavy atom. The first kappa shape index (κ1) is 10.2. The Kier molecular flexibility index (Phi) is 3.45. The van der Waals surface area contributed by atoms with Crippen LogP contribution in [-0.4, -0.2) is 17.6 Å². The second-order valence-corrected chi connectivity index (χ2v) is 3.26. The molecule has 4 heteroatoms. The number of hydrogen-bond donors (Lipinski definition) is 2. The van der Waals surface area contributed by atoms with Gasteiger partial charge < -0.3 is 15.5 Å². The molecule has 0 amide bonds. The van der Waals surface area contributed by atoms with Crippen LogP contribution in [0.2, 0.25) is 0 Å². The van der Waals surface area contributed by atoms with E-state index in [1.54, 1.807) is 0 Å². The number of nitrogens with one attached hydrogen (secondary N) is 1. The molecule has 74 valence electrons. The van der Waals surface area contributed by atoms with Crippen LogP contribution in [0, 0.1) is 13.8 Å². The highest BCUT2D eigenvalue weighted by atomic mass is 16.4. The summed E-state index contributed by atoms with van der Waals surface area (Å²) in [6, 6.07) is 0.310. The Morgan fingerprint density at radius 3 is 2.69 bits per heavy atom. The molecule has 0 saturated carbocycles. The molecule has 0 bridgehead atoms. The number of aromatic nitrogens is 1. The molecule has 0 aromatic carbocycles. The van der Waals surface area contributed by atoms with Crippen molar-refractivity contribution in [3.8, 4) is 0 Å². The Labute approximate surface area is 78.5 Å². The summed E-state index contributed by atoms with van der Waals surface area (Å²) < 4.78 is 5.39. The normalized spacial score (nSPS) is 13.2. The Bertz CT molecular complexity index is 270. The minimum atomic E-state index is 0.310. The zero-order valence-electron chi connectivity index (χ0n) is 8.42. The van der Waals surface area contributed by atoms with Crippen LogP contribution in [0.15, 0.2) is 4.42 Å². The van der Waals surface area contributed by atoms with Crippen LogP contribution in [0.3, 0.4) is 0 Å². The molecular formula is C9H17N3O. The molecular weight excluding hydrogens is 166 g/mol. The first-order valence-electron chi connectivity index (χ1n) is 4.50. The van der Waals surface area contributed by atoms with Crippen LogP contribution in [-0.2, 0) is 6.54 Å². The molecule has 0 spiro atoms. The van der Waals surface area contributed by atoms with E-state index < -0.39 is 0 Å². The van der Waals surface area contributed by atoms with E-state index >= 15 is 0 Å². The van der Waals surface area contributed by atoms with Gasteiger partial charge in [-0.3, -0.25) is 0 Å². The third-order valence-electron chi connectivity index (χ3n) is 1.96. The summed E-state index contributed by atoms with van der Waals surface area (Å²) in [5.74, 6) is 1.62. The van der Waals surface area contributed by atoms with Crippen LogP contribution in [0.1, 0.15) is 24.3 Å². The molecule has 0 saturated heterocycles. The van der Waals surface area contributed by atoms with E-state index in [1.807, 2.05) is 20.8 Å². The first-order chi connectivity index (χ1) is 6.13. The van der Waals surface area contributed by atoms with E-state index in [0.29, 0.717) is 19.1 Å². The van der Waals surface area contributed by atoms with Crippen molar-refractivity contribution < 1.29 is 4.42 Å². The van der Waals surface area contributed by atoms with Gasteiger partial charge in [0.25, 0.3) is 0 Å². The summed E-state index contributed by atoms with van der Waals surface area (Å²) >= 11 is 0. The van der Waals surface area contributed by atoms with Gasteiger partial charge in [-0.2, -0.15) is 0 Å². The molecule has 1 atom stereocenters. The smallest absolute Gasteiger partial charge is 0.191 e. The number of hydrogen-bond acceptors (Lipinski definition) is 4. The molecule has 1 aromatic heterocycles. The van der Waals surface area contributed by atoms with Gasteiger partial charge in [0.15, 0.2) is 5.89 Å². The second-order valence-electron chi connectivity index (χ2n) is 3.26. The van der Waals surface area contributed by atoms with E-state index in [4.69, 9.17) is 10.2 Å². The van der Waals surface area contributed by atoms with Gasteiger partial charge in [-0.25, -0.2) is 4.98 Å². The Morgan fingerprint density at radius 1 is 1.54 bits per heavy atom. The van der Waals surface area contributed by atoms with Crippen molar-refractivity contribution in [2.75, 3.05) is 6.54 Å². The van der Waals surface area contributed by atoms with Crippen LogP contribution < -0.4 is 11.1 Å². The fourth-order valence-corrected chi connectivity index (χ4v) is 1.09. The number of nitrogens with zero attached hydrogens (tertiary/aromatic N) is 1. The molecule has 1 aromatic rings. The Hall–Kier alpha value is -0.870. The molecule has 0 radical (unpaired) electrons. The van der Waals surface area contributed by atoms with Crippen LogP contribution in [0.4, 0.5) is 0 Å². The fourth-order valence-electron chi connectivity index (χ4n) is 1.09. The summed E-state index contributed by atoms with van der Waals surface area (Å²) in [7, 11) is 0. The molecule has 0 aliphatic carbocycles. The number of oxazole rings is 1. The highest BCUT2D eigenvalue weighted by Crippen LogP contribution is 2.08. The maximum Gasteiger partial charge on any atom is 0.191 e. The number of nitrogens with two attached hydrogens (primary N) is 1. The van der Waals surface area contributed by atoms with E-state index in [2.05, 4.69) is 10.3 Å². The quantitative estimate of drug-likeness (QED) is 0.722. The van der Waals surface area contributed by atoms with Gasteiger partial charge in [-0.05, 0) is 13.8 Å². The van der Waals surface area contributed by atoms with Gasteiger partial charge >= 0.3 is 0 Å². The Balaban J connectivity index is 2.49. The molecule has 0 aliphatic rings. The van der Waals surface area contributed by atoms with Crippen molar-refractivity contribution in [1.29, 1.82) is 0 Å². The molecule has 0 aliphatic heterocycles. The summed E-state index contributed by atoms with van der Waals surface area (Å²) in [6.45, 7) is 7.17. The SMILES string of the molecule is Cc1nc(C)c(CN[C@H](C)CN)o1. The predicted octanol–water partition coefficient (Wildman–Crippen LogP) is 0.728. The minimum Gasteiger partial charge on any atom is -0.444 e. The van der Waals surface area contributed by atoms with Gasteiger partial charge in [0.05, 0.1) is 12.2 Å². The highest BCUT2D eigenvalue weighted by molar-refractivity contribution is 5.06. The van der Waals surface area contributed by atoms with Crippen molar-refractivity contribution in [2.24, 2.45) is 5.73 Å². The fraction of sp³-hybridized carbons (Fsp3) is 0.667. The summed E-state index contributed by atoms with van der Waals surface area (Å²) in [6.07, 6.45) is 0. The zero-order chi connectivity index (χ0) is 9.84. The van der Waals surface area contributed by atoms with Crippen LogP contribution in [0.25, 0.3) is 0 Å². The van der Waals surface area contributed by atoms with Gasteiger partial charge in [-0.15, -0.1) is 0 Å². The molecule has 0 unspecified atom stereocenters. The van der Waals surface area contributed by atoms with Gasteiger partial charge in [0, 0.05) is 19.5 Å². The first-order valence-corrected chi connectivity index (χ1v) is 4.50. The third-order valence-corrected chi connectivity index (χ3v) is 1.96. The maximum atomic E-state index is 5.47. The van der Waals surface area contributed by atoms with E-state index in [0.717, 1.165) is 17.3 Å². The molecule has 0 fully saturated rings. The maximum absolute atomic E-state index is 5.47. The van der Waals surface area contributed by atoms with Crippen molar-refractivity contribution in [2.45, 2.75) is 33.4 Å². The standard InChI is InChI=1S/C9H17N3O/c1-6(4-10)11-5-9-7(2)12-8(3)13-9/h6,11H,4-5,10H2,1-3H3/t6-/m1/s1. The van der Waals surface area contributed by atoms with Crippen molar-refractivity contribution in [1.82, 2.24) is 10.3 Å². The lowest BCUT2D eigenvalue weighted by Gasteiger charge is -2.09. The van der Waals surface area contributed by atoms with Gasteiger partial charge in [0.1, 0.15) is 5.76 Å². The van der Waals surface area contributed by atoms with E-state index in [9.17, 15) is 0 Å². The third kappa shape index (κ3) is 2.82. The second kappa shape index (κ2) is 4.39. The lowest BCUT2D eigenvalue weighted by molar-refractivity contribution is 0.436. The van der Waals surface area contributed by atoms with Crippen LogP contribution >= 0.6 is 0 Å². The zero-order valence-corrected chi connectivity index (χ0v) is 8.42. The average Bonchev–Trinajstić information content (AvgIpc) is 2.41. The lowest BCUT2D eigenvalue weighted by Crippen LogP contribution is -2.32. The van der Waals surface area contributed by atoms with Gasteiger partial charge in [0.2, 0.25) is 0 Å². The largest absolute Gasteiger partial charge is 0.444 e. The average molecular weight is 183 g/mol. The molecule has 13 heavy (non-hydrogen) atoms. The monoisotopic (exact) mass is 183 g/mol. The molecule has 1 heterocycles. The topological polar surface area (TPSA) is 64.1 Å². The number of aryl methyl sites for hydroxylation is 2. The van der Waals surface area contributed by atoms with Crippen molar-refractivity contribution >= 4 is 0 Å².